The van der Waals surface area contributed by atoms with Crippen LogP contribution in [0.2, 0.25) is 0 Å². The van der Waals surface area contributed by atoms with Crippen LogP contribution in [0.1, 0.15) is 26.2 Å². The highest BCUT2D eigenvalue weighted by Crippen LogP contribution is 2.11. The van der Waals surface area contributed by atoms with E-state index in [1.54, 1.807) is 6.08 Å². The maximum atomic E-state index is 11.8. The van der Waals surface area contributed by atoms with E-state index < -0.39 is 11.9 Å². The molecule has 1 heterocycles. The maximum absolute atomic E-state index is 11.8. The Morgan fingerprint density at radius 2 is 2.31 bits per heavy atom. The van der Waals surface area contributed by atoms with Crippen molar-refractivity contribution in [2.45, 2.75) is 32.2 Å². The molecule has 0 aromatic heterocycles. The van der Waals surface area contributed by atoms with E-state index >= 15 is 0 Å². The number of nitrogens with one attached hydrogen (secondary N) is 1. The molecule has 1 aliphatic heterocycles. The van der Waals surface area contributed by atoms with Gasteiger partial charge in [0, 0.05) is 6.42 Å². The molecule has 0 aliphatic carbocycles. The van der Waals surface area contributed by atoms with Gasteiger partial charge in [-0.25, -0.2) is 0 Å². The fraction of sp³-hybridized carbons (Fsp3) is 0.545. The molecule has 0 saturated carbocycles. The van der Waals surface area contributed by atoms with Crippen molar-refractivity contribution >= 4 is 17.7 Å². The predicted octanol–water partition coefficient (Wildman–Crippen LogP) is 0.216. The molecule has 88 valence electrons. The number of hydrogen-bond donors (Lipinski definition) is 1. The number of imide groups is 1. The van der Waals surface area contributed by atoms with Crippen LogP contribution in [0.3, 0.4) is 0 Å². The normalized spacial score (nSPS) is 20.6. The number of nitrogens with zero attached hydrogens (tertiary/aromatic N) is 1. The zero-order valence-electron chi connectivity index (χ0n) is 9.36. The van der Waals surface area contributed by atoms with Gasteiger partial charge in [-0.05, 0) is 12.8 Å². The third-order valence-corrected chi connectivity index (χ3v) is 2.52. The molecule has 5 nitrogen and oxygen atoms in total. The number of hydrogen-bond acceptors (Lipinski definition) is 3. The Balaban J connectivity index is 2.73. The summed E-state index contributed by atoms with van der Waals surface area (Å²) in [4.78, 5) is 35.8. The summed E-state index contributed by atoms with van der Waals surface area (Å²) in [6.45, 7) is 5.32. The van der Waals surface area contributed by atoms with Crippen molar-refractivity contribution in [2.24, 2.45) is 0 Å². The molecule has 0 spiro atoms. The van der Waals surface area contributed by atoms with Crippen molar-refractivity contribution < 1.29 is 14.4 Å². The van der Waals surface area contributed by atoms with Crippen LogP contribution in [0.4, 0.5) is 0 Å². The van der Waals surface area contributed by atoms with Gasteiger partial charge in [-0.15, -0.1) is 6.58 Å². The molecular weight excluding hydrogens is 208 g/mol. The Hall–Kier alpha value is -1.65. The number of carbonyl (C=O) groups excluding carboxylic acids is 3. The summed E-state index contributed by atoms with van der Waals surface area (Å²) < 4.78 is 0. The summed E-state index contributed by atoms with van der Waals surface area (Å²) in [5.41, 5.74) is 0. The summed E-state index contributed by atoms with van der Waals surface area (Å²) >= 11 is 0. The molecule has 0 radical (unpaired) electrons. The predicted molar refractivity (Wildman–Crippen MR) is 58.4 cm³/mol. The van der Waals surface area contributed by atoms with Crippen molar-refractivity contribution in [1.29, 1.82) is 0 Å². The Morgan fingerprint density at radius 1 is 1.62 bits per heavy atom. The van der Waals surface area contributed by atoms with E-state index in [1.165, 1.54) is 4.90 Å². The lowest BCUT2D eigenvalue weighted by molar-refractivity contribution is -0.150. The molecule has 0 aromatic carbocycles. The van der Waals surface area contributed by atoms with Gasteiger partial charge >= 0.3 is 0 Å². The first-order valence-electron chi connectivity index (χ1n) is 5.34. The van der Waals surface area contributed by atoms with E-state index in [0.29, 0.717) is 19.3 Å². The third-order valence-electron chi connectivity index (χ3n) is 2.52. The van der Waals surface area contributed by atoms with Crippen molar-refractivity contribution in [3.8, 4) is 0 Å². The average Bonchev–Trinajstić information content (AvgIpc) is 2.24. The van der Waals surface area contributed by atoms with E-state index in [-0.39, 0.29) is 18.4 Å². The first-order chi connectivity index (χ1) is 7.60. The van der Waals surface area contributed by atoms with Gasteiger partial charge in [0.2, 0.25) is 17.7 Å². The fourth-order valence-electron chi connectivity index (χ4n) is 1.70. The second kappa shape index (κ2) is 5.44. The molecule has 1 rings (SSSR count). The van der Waals surface area contributed by atoms with Crippen molar-refractivity contribution in [2.75, 3.05) is 6.54 Å². The lowest BCUT2D eigenvalue weighted by Crippen LogP contribution is -2.59. The van der Waals surface area contributed by atoms with Crippen LogP contribution in [-0.4, -0.2) is 35.2 Å². The second-order valence-corrected chi connectivity index (χ2v) is 3.69. The SMILES string of the molecule is C=CCCC(=O)N1CC(=O)NC(=O)C1CC. The number of rotatable bonds is 4. The summed E-state index contributed by atoms with van der Waals surface area (Å²) in [5.74, 6) is -0.970. The lowest BCUT2D eigenvalue weighted by Gasteiger charge is -2.33. The Morgan fingerprint density at radius 3 is 2.88 bits per heavy atom. The molecule has 0 aromatic rings. The summed E-state index contributed by atoms with van der Waals surface area (Å²) in [7, 11) is 0. The zero-order valence-corrected chi connectivity index (χ0v) is 9.36. The summed E-state index contributed by atoms with van der Waals surface area (Å²) in [6, 6.07) is -0.519. The number of carbonyl (C=O) groups is 3. The van der Waals surface area contributed by atoms with Crippen LogP contribution in [0.15, 0.2) is 12.7 Å². The summed E-state index contributed by atoms with van der Waals surface area (Å²) in [5, 5.41) is 2.23. The highest BCUT2D eigenvalue weighted by atomic mass is 16.2. The topological polar surface area (TPSA) is 66.5 Å². The molecule has 5 heteroatoms. The molecule has 1 saturated heterocycles. The highest BCUT2D eigenvalue weighted by Gasteiger charge is 2.34. The largest absolute Gasteiger partial charge is 0.321 e. The van der Waals surface area contributed by atoms with E-state index in [1.807, 2.05) is 6.92 Å². The summed E-state index contributed by atoms with van der Waals surface area (Å²) in [6.07, 6.45) is 3.01. The van der Waals surface area contributed by atoms with Crippen LogP contribution in [0, 0.1) is 0 Å². The molecule has 1 fully saturated rings. The molecule has 1 atom stereocenters. The van der Waals surface area contributed by atoms with Gasteiger partial charge < -0.3 is 4.90 Å². The van der Waals surface area contributed by atoms with Gasteiger partial charge in [0.25, 0.3) is 0 Å². The zero-order chi connectivity index (χ0) is 12.1. The van der Waals surface area contributed by atoms with Gasteiger partial charge in [-0.3, -0.25) is 19.7 Å². The molecule has 1 aliphatic rings. The van der Waals surface area contributed by atoms with Crippen molar-refractivity contribution in [3.63, 3.8) is 0 Å². The minimum absolute atomic E-state index is 0.0276. The van der Waals surface area contributed by atoms with Crippen LogP contribution in [0.25, 0.3) is 0 Å². The van der Waals surface area contributed by atoms with Crippen LogP contribution >= 0.6 is 0 Å². The third kappa shape index (κ3) is 2.68. The molecule has 1 unspecified atom stereocenters. The van der Waals surface area contributed by atoms with Gasteiger partial charge in [0.05, 0.1) is 0 Å². The van der Waals surface area contributed by atoms with E-state index in [9.17, 15) is 14.4 Å². The Labute approximate surface area is 94.5 Å². The van der Waals surface area contributed by atoms with E-state index in [4.69, 9.17) is 0 Å². The van der Waals surface area contributed by atoms with Crippen molar-refractivity contribution in [3.05, 3.63) is 12.7 Å². The van der Waals surface area contributed by atoms with Gasteiger partial charge in [-0.1, -0.05) is 13.0 Å². The fourth-order valence-corrected chi connectivity index (χ4v) is 1.70. The van der Waals surface area contributed by atoms with Crippen molar-refractivity contribution in [1.82, 2.24) is 10.2 Å². The monoisotopic (exact) mass is 224 g/mol. The van der Waals surface area contributed by atoms with Gasteiger partial charge in [0.15, 0.2) is 0 Å². The first kappa shape index (κ1) is 12.4. The Kier molecular flexibility index (Phi) is 4.22. The highest BCUT2D eigenvalue weighted by molar-refractivity contribution is 6.04. The minimum atomic E-state index is -0.519. The van der Waals surface area contributed by atoms with E-state index in [2.05, 4.69) is 11.9 Å². The lowest BCUT2D eigenvalue weighted by atomic mass is 10.1. The van der Waals surface area contributed by atoms with Crippen LogP contribution in [0.5, 0.6) is 0 Å². The molecule has 1 N–H and O–H groups in total. The molecular formula is C11H16N2O3. The Bertz CT molecular complexity index is 325. The quantitative estimate of drug-likeness (QED) is 0.548. The minimum Gasteiger partial charge on any atom is -0.321 e. The standard InChI is InChI=1S/C11H16N2O3/c1-3-5-6-10(15)13-7-9(14)12-11(16)8(13)4-2/h3,8H,1,4-7H2,2H3,(H,12,14,16). The van der Waals surface area contributed by atoms with Gasteiger partial charge in [-0.2, -0.15) is 0 Å². The van der Waals surface area contributed by atoms with Crippen LogP contribution in [-0.2, 0) is 14.4 Å². The number of piperazine rings is 1. The smallest absolute Gasteiger partial charge is 0.249 e. The molecule has 3 amide bonds. The van der Waals surface area contributed by atoms with E-state index in [0.717, 1.165) is 0 Å². The van der Waals surface area contributed by atoms with Crippen LogP contribution < -0.4 is 5.32 Å². The average molecular weight is 224 g/mol. The molecule has 0 bridgehead atoms. The second-order valence-electron chi connectivity index (χ2n) is 3.69. The molecule has 16 heavy (non-hydrogen) atoms. The number of allylic oxidation sites excluding steroid dienone is 1. The first-order valence-corrected chi connectivity index (χ1v) is 5.34. The van der Waals surface area contributed by atoms with Gasteiger partial charge in [0.1, 0.15) is 12.6 Å². The maximum Gasteiger partial charge on any atom is 0.249 e. The number of amides is 3.